The number of nitrogens with zero attached hydrogens (tertiary/aromatic N) is 1. The number of hydrogen-bond acceptors (Lipinski definition) is 2. The lowest BCUT2D eigenvalue weighted by Gasteiger charge is -2.54. The first-order valence-corrected chi connectivity index (χ1v) is 8.43. The van der Waals surface area contributed by atoms with E-state index in [-0.39, 0.29) is 24.0 Å². The summed E-state index contributed by atoms with van der Waals surface area (Å²) in [5, 5.41) is 7.04. The summed E-state index contributed by atoms with van der Waals surface area (Å²) >= 11 is 0. The molecule has 2 saturated carbocycles. The summed E-state index contributed by atoms with van der Waals surface area (Å²) < 4.78 is 5.97. The largest absolute Gasteiger partial charge is 0.378 e. The Morgan fingerprint density at radius 3 is 2.52 bits per heavy atom. The van der Waals surface area contributed by atoms with Crippen LogP contribution >= 0.6 is 24.0 Å². The molecule has 21 heavy (non-hydrogen) atoms. The average Bonchev–Trinajstić information content (AvgIpc) is 2.96. The van der Waals surface area contributed by atoms with E-state index in [1.807, 2.05) is 0 Å². The third-order valence-electron chi connectivity index (χ3n) is 4.84. The summed E-state index contributed by atoms with van der Waals surface area (Å²) in [6, 6.07) is 0.538. The van der Waals surface area contributed by atoms with E-state index in [0.29, 0.717) is 17.6 Å². The Morgan fingerprint density at radius 1 is 1.24 bits per heavy atom. The van der Waals surface area contributed by atoms with E-state index < -0.39 is 0 Å². The van der Waals surface area contributed by atoms with E-state index in [1.54, 1.807) is 0 Å². The number of hydrogen-bond donors (Lipinski definition) is 2. The monoisotopic (exact) mass is 409 g/mol. The first kappa shape index (κ1) is 19.0. The van der Waals surface area contributed by atoms with Crippen molar-refractivity contribution in [1.29, 1.82) is 0 Å². The molecule has 4 nitrogen and oxygen atoms in total. The molecule has 2 fully saturated rings. The smallest absolute Gasteiger partial charge is 0.191 e. The number of nitrogens with one attached hydrogen (secondary N) is 2. The van der Waals surface area contributed by atoms with Gasteiger partial charge in [0, 0.05) is 31.2 Å². The van der Waals surface area contributed by atoms with Crippen molar-refractivity contribution in [3.8, 4) is 0 Å². The second-order valence-corrected chi connectivity index (χ2v) is 6.08. The third kappa shape index (κ3) is 4.24. The number of aliphatic imine (C=N–C) groups is 1. The SMILES string of the molecule is CCCN=C(NCC)NC1CC(OCC)C12CCCC2.I. The molecular weight excluding hydrogens is 377 g/mol. The van der Waals surface area contributed by atoms with Crippen LogP contribution in [0, 0.1) is 5.41 Å². The Hall–Kier alpha value is -0.0400. The molecule has 0 aromatic heterocycles. The molecule has 0 heterocycles. The van der Waals surface area contributed by atoms with Crippen LogP contribution in [0.15, 0.2) is 4.99 Å². The van der Waals surface area contributed by atoms with E-state index in [0.717, 1.165) is 38.5 Å². The minimum Gasteiger partial charge on any atom is -0.378 e. The molecule has 0 aromatic rings. The molecule has 0 radical (unpaired) electrons. The molecule has 2 aliphatic carbocycles. The summed E-state index contributed by atoms with van der Waals surface area (Å²) in [5.41, 5.74) is 0.373. The Morgan fingerprint density at radius 2 is 1.95 bits per heavy atom. The maximum atomic E-state index is 5.97. The van der Waals surface area contributed by atoms with Crippen molar-refractivity contribution in [3.63, 3.8) is 0 Å². The Kier molecular flexibility index (Phi) is 8.31. The maximum absolute atomic E-state index is 5.97. The zero-order chi connectivity index (χ0) is 14.4. The molecular formula is C16H32IN3O. The van der Waals surface area contributed by atoms with Gasteiger partial charge in [-0.15, -0.1) is 24.0 Å². The normalized spacial score (nSPS) is 27.1. The Bertz CT molecular complexity index is 329. The van der Waals surface area contributed by atoms with Crippen LogP contribution in [0.3, 0.4) is 0 Å². The quantitative estimate of drug-likeness (QED) is 0.402. The minimum absolute atomic E-state index is 0. The predicted molar refractivity (Wildman–Crippen MR) is 99.5 cm³/mol. The second kappa shape index (κ2) is 9.18. The van der Waals surface area contributed by atoms with E-state index >= 15 is 0 Å². The lowest BCUT2D eigenvalue weighted by Crippen LogP contribution is -2.65. The molecule has 1 spiro atoms. The van der Waals surface area contributed by atoms with Gasteiger partial charge in [-0.25, -0.2) is 0 Å². The van der Waals surface area contributed by atoms with E-state index in [9.17, 15) is 0 Å². The third-order valence-corrected chi connectivity index (χ3v) is 4.84. The van der Waals surface area contributed by atoms with Gasteiger partial charge in [-0.2, -0.15) is 0 Å². The first-order chi connectivity index (χ1) is 9.76. The van der Waals surface area contributed by atoms with Crippen LogP contribution in [-0.4, -0.2) is 37.8 Å². The van der Waals surface area contributed by atoms with Crippen LogP contribution in [-0.2, 0) is 4.74 Å². The summed E-state index contributed by atoms with van der Waals surface area (Å²) in [5.74, 6) is 0.987. The number of guanidine groups is 1. The number of halogens is 1. The van der Waals surface area contributed by atoms with Crippen LogP contribution in [0.1, 0.15) is 59.3 Å². The highest BCUT2D eigenvalue weighted by Crippen LogP contribution is 2.54. The predicted octanol–water partition coefficient (Wildman–Crippen LogP) is 3.31. The summed E-state index contributed by atoms with van der Waals surface area (Å²) in [6.45, 7) is 9.05. The van der Waals surface area contributed by atoms with Gasteiger partial charge >= 0.3 is 0 Å². The highest BCUT2D eigenvalue weighted by Gasteiger charge is 2.56. The van der Waals surface area contributed by atoms with Crippen molar-refractivity contribution in [2.45, 2.75) is 71.4 Å². The molecule has 0 aliphatic heterocycles. The van der Waals surface area contributed by atoms with Crippen LogP contribution < -0.4 is 10.6 Å². The summed E-state index contributed by atoms with van der Waals surface area (Å²) in [4.78, 5) is 4.63. The van der Waals surface area contributed by atoms with Gasteiger partial charge in [0.25, 0.3) is 0 Å². The van der Waals surface area contributed by atoms with Gasteiger partial charge in [-0.05, 0) is 39.5 Å². The minimum atomic E-state index is 0. The summed E-state index contributed by atoms with van der Waals surface area (Å²) in [7, 11) is 0. The van der Waals surface area contributed by atoms with E-state index in [4.69, 9.17) is 4.74 Å². The van der Waals surface area contributed by atoms with Crippen LogP contribution in [0.4, 0.5) is 0 Å². The Balaban J connectivity index is 0.00000220. The highest BCUT2D eigenvalue weighted by molar-refractivity contribution is 14.0. The highest BCUT2D eigenvalue weighted by atomic mass is 127. The zero-order valence-corrected chi connectivity index (χ0v) is 16.1. The standard InChI is InChI=1S/C16H31N3O.HI/c1-4-11-18-15(17-5-2)19-13-12-14(20-6-3)16(13)9-7-8-10-16;/h13-14H,4-12H2,1-3H3,(H2,17,18,19);1H. The van der Waals surface area contributed by atoms with Crippen molar-refractivity contribution >= 4 is 29.9 Å². The van der Waals surface area contributed by atoms with Crippen molar-refractivity contribution < 1.29 is 4.74 Å². The molecule has 0 bridgehead atoms. The Labute approximate surface area is 146 Å². The zero-order valence-electron chi connectivity index (χ0n) is 13.8. The van der Waals surface area contributed by atoms with E-state index in [1.165, 1.54) is 25.7 Å². The molecule has 124 valence electrons. The fraction of sp³-hybridized carbons (Fsp3) is 0.938. The fourth-order valence-corrected chi connectivity index (χ4v) is 3.80. The number of ether oxygens (including phenoxy) is 1. The fourth-order valence-electron chi connectivity index (χ4n) is 3.80. The van der Waals surface area contributed by atoms with Crippen molar-refractivity contribution in [2.75, 3.05) is 19.7 Å². The van der Waals surface area contributed by atoms with Crippen molar-refractivity contribution in [3.05, 3.63) is 0 Å². The lowest BCUT2D eigenvalue weighted by atomic mass is 9.60. The van der Waals surface area contributed by atoms with Gasteiger partial charge < -0.3 is 15.4 Å². The molecule has 5 heteroatoms. The van der Waals surface area contributed by atoms with Gasteiger partial charge in [0.05, 0.1) is 6.10 Å². The van der Waals surface area contributed by atoms with Crippen molar-refractivity contribution in [2.24, 2.45) is 10.4 Å². The average molecular weight is 409 g/mol. The molecule has 0 aromatic carbocycles. The van der Waals surface area contributed by atoms with Crippen LogP contribution in [0.25, 0.3) is 0 Å². The molecule has 2 rings (SSSR count). The molecule has 2 aliphatic rings. The van der Waals surface area contributed by atoms with Gasteiger partial charge in [-0.3, -0.25) is 4.99 Å². The van der Waals surface area contributed by atoms with Crippen molar-refractivity contribution in [1.82, 2.24) is 10.6 Å². The topological polar surface area (TPSA) is 45.7 Å². The van der Waals surface area contributed by atoms with Crippen LogP contribution in [0.2, 0.25) is 0 Å². The number of rotatable bonds is 6. The van der Waals surface area contributed by atoms with E-state index in [2.05, 4.69) is 36.4 Å². The lowest BCUT2D eigenvalue weighted by molar-refractivity contribution is -0.125. The summed E-state index contributed by atoms with van der Waals surface area (Å²) in [6.07, 6.45) is 8.00. The van der Waals surface area contributed by atoms with Gasteiger partial charge in [0.15, 0.2) is 5.96 Å². The maximum Gasteiger partial charge on any atom is 0.191 e. The van der Waals surface area contributed by atoms with Gasteiger partial charge in [-0.1, -0.05) is 19.8 Å². The van der Waals surface area contributed by atoms with Crippen LogP contribution in [0.5, 0.6) is 0 Å². The molecule has 2 N–H and O–H groups in total. The van der Waals surface area contributed by atoms with Gasteiger partial charge in [0.2, 0.25) is 0 Å². The van der Waals surface area contributed by atoms with Gasteiger partial charge in [0.1, 0.15) is 0 Å². The molecule has 0 saturated heterocycles. The first-order valence-electron chi connectivity index (χ1n) is 8.43. The molecule has 2 unspecified atom stereocenters. The molecule has 2 atom stereocenters. The second-order valence-electron chi connectivity index (χ2n) is 6.08. The molecule has 0 amide bonds.